The average Bonchev–Trinajstić information content (AvgIpc) is 2.75. The second-order valence-electron chi connectivity index (χ2n) is 7.16. The largest absolute Gasteiger partial charge is 0.290 e. The van der Waals surface area contributed by atoms with Crippen LogP contribution >= 0.6 is 0 Å². The van der Waals surface area contributed by atoms with Crippen molar-refractivity contribution in [2.45, 2.75) is 13.8 Å². The van der Waals surface area contributed by atoms with E-state index >= 15 is 0 Å². The first-order valence-electron chi connectivity index (χ1n) is 9.58. The van der Waals surface area contributed by atoms with E-state index in [-0.39, 0.29) is 5.95 Å². The summed E-state index contributed by atoms with van der Waals surface area (Å²) in [6.45, 7) is 4.05. The number of nitrogens with zero attached hydrogens (tertiary/aromatic N) is 2. The summed E-state index contributed by atoms with van der Waals surface area (Å²) in [5.41, 5.74) is 5.89. The molecule has 0 spiro atoms. The highest BCUT2D eigenvalue weighted by molar-refractivity contribution is 6.03. The molecule has 4 rings (SSSR count). The zero-order chi connectivity index (χ0) is 21.1. The van der Waals surface area contributed by atoms with E-state index in [4.69, 9.17) is 0 Å². The Labute approximate surface area is 174 Å². The Morgan fingerprint density at radius 3 is 1.67 bits per heavy atom. The molecule has 148 valence electrons. The highest BCUT2D eigenvalue weighted by Gasteiger charge is 2.13. The van der Waals surface area contributed by atoms with Crippen molar-refractivity contribution in [3.8, 4) is 22.5 Å². The van der Waals surface area contributed by atoms with Crippen LogP contribution in [0, 0.1) is 19.7 Å². The van der Waals surface area contributed by atoms with Gasteiger partial charge >= 0.3 is 0 Å². The molecule has 0 atom stereocenters. The third kappa shape index (κ3) is 4.41. The van der Waals surface area contributed by atoms with Crippen molar-refractivity contribution in [3.05, 3.63) is 101 Å². The standard InChI is InChI=1S/C25H20FN3O/c1-16-3-7-18(8-4-16)22-15-23(19-9-5-17(2)6-10-19)28-25(27-22)29-24(30)20-11-13-21(26)14-12-20/h3-15H,1-2H3,(H,27,28,29,30). The number of carbonyl (C=O) groups is 1. The van der Waals surface area contributed by atoms with Crippen LogP contribution in [-0.2, 0) is 0 Å². The van der Waals surface area contributed by atoms with E-state index in [2.05, 4.69) is 15.3 Å². The molecule has 4 nitrogen and oxygen atoms in total. The lowest BCUT2D eigenvalue weighted by Crippen LogP contribution is -2.14. The van der Waals surface area contributed by atoms with Crippen molar-refractivity contribution in [2.24, 2.45) is 0 Å². The van der Waals surface area contributed by atoms with Gasteiger partial charge in [-0.2, -0.15) is 0 Å². The lowest BCUT2D eigenvalue weighted by molar-refractivity contribution is 0.102. The highest BCUT2D eigenvalue weighted by atomic mass is 19.1. The number of anilines is 1. The molecule has 0 aliphatic carbocycles. The molecular formula is C25H20FN3O. The zero-order valence-electron chi connectivity index (χ0n) is 16.7. The Kier molecular flexibility index (Phi) is 5.35. The molecule has 0 fully saturated rings. The number of halogens is 1. The van der Waals surface area contributed by atoms with Gasteiger partial charge < -0.3 is 0 Å². The Balaban J connectivity index is 1.74. The number of aromatic nitrogens is 2. The minimum absolute atomic E-state index is 0.193. The van der Waals surface area contributed by atoms with Gasteiger partial charge in [-0.1, -0.05) is 59.7 Å². The summed E-state index contributed by atoms with van der Waals surface area (Å²) in [6.07, 6.45) is 0. The summed E-state index contributed by atoms with van der Waals surface area (Å²) >= 11 is 0. The van der Waals surface area contributed by atoms with Crippen molar-refractivity contribution in [1.82, 2.24) is 9.97 Å². The third-order valence-electron chi connectivity index (χ3n) is 4.75. The van der Waals surface area contributed by atoms with Crippen molar-refractivity contribution in [2.75, 3.05) is 5.32 Å². The summed E-state index contributed by atoms with van der Waals surface area (Å²) in [6, 6.07) is 23.3. The number of nitrogens with one attached hydrogen (secondary N) is 1. The molecule has 5 heteroatoms. The van der Waals surface area contributed by atoms with Crippen LogP contribution in [0.1, 0.15) is 21.5 Å². The molecule has 30 heavy (non-hydrogen) atoms. The highest BCUT2D eigenvalue weighted by Crippen LogP contribution is 2.26. The maximum atomic E-state index is 13.2. The van der Waals surface area contributed by atoms with Crippen LogP contribution in [0.2, 0.25) is 0 Å². The first-order valence-corrected chi connectivity index (χ1v) is 9.58. The molecule has 0 radical (unpaired) electrons. The summed E-state index contributed by atoms with van der Waals surface area (Å²) in [7, 11) is 0. The van der Waals surface area contributed by atoms with Crippen molar-refractivity contribution < 1.29 is 9.18 Å². The predicted molar refractivity (Wildman–Crippen MR) is 117 cm³/mol. The molecule has 0 aliphatic rings. The first-order chi connectivity index (χ1) is 14.5. The van der Waals surface area contributed by atoms with Crippen LogP contribution in [-0.4, -0.2) is 15.9 Å². The smallest absolute Gasteiger partial charge is 0.258 e. The SMILES string of the molecule is Cc1ccc(-c2cc(-c3ccc(C)cc3)nc(NC(=O)c3ccc(F)cc3)n2)cc1. The van der Waals surface area contributed by atoms with E-state index < -0.39 is 11.7 Å². The number of hydrogen-bond acceptors (Lipinski definition) is 3. The molecule has 1 heterocycles. The van der Waals surface area contributed by atoms with Gasteiger partial charge in [0, 0.05) is 16.7 Å². The Hall–Kier alpha value is -3.86. The fourth-order valence-corrected chi connectivity index (χ4v) is 3.02. The van der Waals surface area contributed by atoms with Gasteiger partial charge in [0.2, 0.25) is 5.95 Å². The molecule has 0 saturated carbocycles. The van der Waals surface area contributed by atoms with Gasteiger partial charge in [-0.3, -0.25) is 10.1 Å². The molecule has 0 saturated heterocycles. The van der Waals surface area contributed by atoms with Gasteiger partial charge in [0.15, 0.2) is 0 Å². The van der Waals surface area contributed by atoms with Gasteiger partial charge in [-0.05, 0) is 44.2 Å². The molecule has 1 N–H and O–H groups in total. The first kappa shape index (κ1) is 19.5. The number of hydrogen-bond donors (Lipinski definition) is 1. The van der Waals surface area contributed by atoms with Crippen LogP contribution in [0.3, 0.4) is 0 Å². The lowest BCUT2D eigenvalue weighted by Gasteiger charge is -2.10. The van der Waals surface area contributed by atoms with Crippen LogP contribution in [0.25, 0.3) is 22.5 Å². The molecule has 1 amide bonds. The fourth-order valence-electron chi connectivity index (χ4n) is 3.02. The maximum Gasteiger partial charge on any atom is 0.258 e. The molecule has 4 aromatic rings. The Morgan fingerprint density at radius 2 is 1.20 bits per heavy atom. The van der Waals surface area contributed by atoms with Gasteiger partial charge in [-0.25, -0.2) is 14.4 Å². The van der Waals surface area contributed by atoms with Crippen LogP contribution in [0.4, 0.5) is 10.3 Å². The molecule has 0 aliphatic heterocycles. The minimum Gasteiger partial charge on any atom is -0.290 e. The van der Waals surface area contributed by atoms with E-state index in [9.17, 15) is 9.18 Å². The Bertz CT molecular complexity index is 1120. The van der Waals surface area contributed by atoms with Gasteiger partial charge in [0.05, 0.1) is 11.4 Å². The van der Waals surface area contributed by atoms with E-state index in [0.717, 1.165) is 22.3 Å². The number of aryl methyl sites for hydroxylation is 2. The quantitative estimate of drug-likeness (QED) is 0.472. The molecule has 3 aromatic carbocycles. The van der Waals surface area contributed by atoms with E-state index in [1.54, 1.807) is 0 Å². The second kappa shape index (κ2) is 8.25. The molecular weight excluding hydrogens is 377 g/mol. The monoisotopic (exact) mass is 397 g/mol. The van der Waals surface area contributed by atoms with Crippen molar-refractivity contribution in [3.63, 3.8) is 0 Å². The zero-order valence-corrected chi connectivity index (χ0v) is 16.7. The van der Waals surface area contributed by atoms with Gasteiger partial charge in [0.1, 0.15) is 5.82 Å². The summed E-state index contributed by atoms with van der Waals surface area (Å²) in [5.74, 6) is -0.602. The molecule has 0 bridgehead atoms. The third-order valence-corrected chi connectivity index (χ3v) is 4.75. The van der Waals surface area contributed by atoms with Gasteiger partial charge in [-0.15, -0.1) is 0 Å². The minimum atomic E-state index is -0.397. The molecule has 1 aromatic heterocycles. The van der Waals surface area contributed by atoms with Gasteiger partial charge in [0.25, 0.3) is 5.91 Å². The predicted octanol–water partition coefficient (Wildman–Crippen LogP) is 5.82. The number of amides is 1. The van der Waals surface area contributed by atoms with E-state index in [1.165, 1.54) is 24.3 Å². The summed E-state index contributed by atoms with van der Waals surface area (Å²) in [5, 5.41) is 2.74. The van der Waals surface area contributed by atoms with Crippen LogP contribution in [0.15, 0.2) is 78.9 Å². The normalized spacial score (nSPS) is 10.6. The van der Waals surface area contributed by atoms with Crippen LogP contribution in [0.5, 0.6) is 0 Å². The average molecular weight is 397 g/mol. The number of rotatable bonds is 4. The second-order valence-corrected chi connectivity index (χ2v) is 7.16. The van der Waals surface area contributed by atoms with Crippen LogP contribution < -0.4 is 5.32 Å². The lowest BCUT2D eigenvalue weighted by atomic mass is 10.1. The maximum absolute atomic E-state index is 13.2. The van der Waals surface area contributed by atoms with E-state index in [1.807, 2.05) is 68.4 Å². The van der Waals surface area contributed by atoms with Crippen molar-refractivity contribution >= 4 is 11.9 Å². The number of carbonyl (C=O) groups excluding carboxylic acids is 1. The molecule has 0 unspecified atom stereocenters. The number of benzene rings is 3. The van der Waals surface area contributed by atoms with Crippen molar-refractivity contribution in [1.29, 1.82) is 0 Å². The summed E-state index contributed by atoms with van der Waals surface area (Å²) in [4.78, 5) is 21.7. The van der Waals surface area contributed by atoms with E-state index in [0.29, 0.717) is 17.0 Å². The fraction of sp³-hybridized carbons (Fsp3) is 0.0800. The topological polar surface area (TPSA) is 54.9 Å². The summed E-state index contributed by atoms with van der Waals surface area (Å²) < 4.78 is 13.2. The Morgan fingerprint density at radius 1 is 0.733 bits per heavy atom.